The predicted octanol–water partition coefficient (Wildman–Crippen LogP) is 2.64. The third kappa shape index (κ3) is 4.98. The molecular formula is C22H26ClN3O4. The molecule has 30 heavy (non-hydrogen) atoms. The summed E-state index contributed by atoms with van der Waals surface area (Å²) >= 11 is 0. The highest BCUT2D eigenvalue weighted by Gasteiger charge is 2.35. The molecule has 8 heteroatoms. The van der Waals surface area contributed by atoms with Gasteiger partial charge >= 0.3 is 0 Å². The maximum absolute atomic E-state index is 12.6. The Labute approximate surface area is 182 Å². The number of carbonyl (C=O) groups is 3. The third-order valence-electron chi connectivity index (χ3n) is 4.74. The second-order valence-electron chi connectivity index (χ2n) is 6.78. The molecule has 0 fully saturated rings. The number of ether oxygens (including phenoxy) is 1. The lowest BCUT2D eigenvalue weighted by molar-refractivity contribution is 0.0642. The summed E-state index contributed by atoms with van der Waals surface area (Å²) in [6, 6.07) is 11.9. The Morgan fingerprint density at radius 3 is 2.27 bits per heavy atom. The van der Waals surface area contributed by atoms with Crippen molar-refractivity contribution in [3.8, 4) is 5.75 Å². The van der Waals surface area contributed by atoms with Crippen LogP contribution in [0.3, 0.4) is 0 Å². The second kappa shape index (κ2) is 10.8. The SMILES string of the molecule is CCCNCCNC(=O)c1cc(CN2C(=O)c3ccccc3C2=O)ccc1OC.Cl. The Kier molecular flexibility index (Phi) is 8.38. The molecule has 2 N–H and O–H groups in total. The average molecular weight is 432 g/mol. The second-order valence-corrected chi connectivity index (χ2v) is 6.78. The number of hydrogen-bond acceptors (Lipinski definition) is 5. The summed E-state index contributed by atoms with van der Waals surface area (Å²) in [5.74, 6) is -0.469. The molecule has 0 aliphatic carbocycles. The van der Waals surface area contributed by atoms with E-state index in [4.69, 9.17) is 4.74 Å². The van der Waals surface area contributed by atoms with E-state index in [1.54, 1.807) is 42.5 Å². The number of nitrogens with zero attached hydrogens (tertiary/aromatic N) is 1. The highest BCUT2D eigenvalue weighted by molar-refractivity contribution is 6.21. The standard InChI is InChI=1S/C22H25N3O4.ClH/c1-3-10-23-11-12-24-20(26)18-13-15(8-9-19(18)29-2)14-25-21(27)16-6-4-5-7-17(16)22(25)28;/h4-9,13,23H,3,10-12,14H2,1-2H3,(H,24,26);1H. The summed E-state index contributed by atoms with van der Waals surface area (Å²) in [6.45, 7) is 4.24. The quantitative estimate of drug-likeness (QED) is 0.470. The summed E-state index contributed by atoms with van der Waals surface area (Å²) in [4.78, 5) is 38.9. The fourth-order valence-electron chi connectivity index (χ4n) is 3.26. The fraction of sp³-hybridized carbons (Fsp3) is 0.318. The monoisotopic (exact) mass is 431 g/mol. The molecule has 3 amide bonds. The first kappa shape index (κ1) is 23.4. The number of fused-ring (bicyclic) bond motifs is 1. The van der Waals surface area contributed by atoms with Crippen molar-refractivity contribution in [3.05, 3.63) is 64.7 Å². The first-order chi connectivity index (χ1) is 14.1. The Morgan fingerprint density at radius 1 is 1.00 bits per heavy atom. The molecule has 3 rings (SSSR count). The number of imide groups is 1. The van der Waals surface area contributed by atoms with Crippen molar-refractivity contribution >= 4 is 30.1 Å². The average Bonchev–Trinajstić information content (AvgIpc) is 2.98. The van der Waals surface area contributed by atoms with Crippen LogP contribution in [0.2, 0.25) is 0 Å². The lowest BCUT2D eigenvalue weighted by Gasteiger charge is -2.16. The lowest BCUT2D eigenvalue weighted by Crippen LogP contribution is -2.32. The van der Waals surface area contributed by atoms with Crippen LogP contribution < -0.4 is 15.4 Å². The Balaban J connectivity index is 0.00000320. The van der Waals surface area contributed by atoms with Crippen LogP contribution in [0.5, 0.6) is 5.75 Å². The molecule has 0 unspecified atom stereocenters. The zero-order valence-corrected chi connectivity index (χ0v) is 17.9. The number of nitrogens with one attached hydrogen (secondary N) is 2. The van der Waals surface area contributed by atoms with Gasteiger partial charge in [0.05, 0.1) is 30.3 Å². The largest absolute Gasteiger partial charge is 0.496 e. The topological polar surface area (TPSA) is 87.7 Å². The fourth-order valence-corrected chi connectivity index (χ4v) is 3.26. The molecule has 1 aliphatic heterocycles. The van der Waals surface area contributed by atoms with Gasteiger partial charge in [0.2, 0.25) is 0 Å². The summed E-state index contributed by atoms with van der Waals surface area (Å²) in [6.07, 6.45) is 1.03. The first-order valence-electron chi connectivity index (χ1n) is 9.67. The zero-order valence-electron chi connectivity index (χ0n) is 17.1. The van der Waals surface area contributed by atoms with Crippen LogP contribution in [0.4, 0.5) is 0 Å². The normalized spacial score (nSPS) is 12.4. The van der Waals surface area contributed by atoms with Gasteiger partial charge in [0.25, 0.3) is 17.7 Å². The van der Waals surface area contributed by atoms with Gasteiger partial charge in [-0.1, -0.05) is 25.1 Å². The molecule has 2 aromatic carbocycles. The van der Waals surface area contributed by atoms with Gasteiger partial charge in [-0.15, -0.1) is 12.4 Å². The molecule has 0 aromatic heterocycles. The van der Waals surface area contributed by atoms with Gasteiger partial charge in [0.1, 0.15) is 5.75 Å². The van der Waals surface area contributed by atoms with Gasteiger partial charge in [-0.3, -0.25) is 19.3 Å². The van der Waals surface area contributed by atoms with Crippen LogP contribution >= 0.6 is 12.4 Å². The lowest BCUT2D eigenvalue weighted by atomic mass is 10.1. The van der Waals surface area contributed by atoms with Crippen molar-refractivity contribution in [3.63, 3.8) is 0 Å². The maximum atomic E-state index is 12.6. The van der Waals surface area contributed by atoms with Crippen molar-refractivity contribution in [1.82, 2.24) is 15.5 Å². The molecule has 0 saturated heterocycles. The minimum absolute atomic E-state index is 0. The molecular weight excluding hydrogens is 406 g/mol. The maximum Gasteiger partial charge on any atom is 0.261 e. The van der Waals surface area contributed by atoms with Gasteiger partial charge in [0.15, 0.2) is 0 Å². The Morgan fingerprint density at radius 2 is 1.67 bits per heavy atom. The number of carbonyl (C=O) groups excluding carboxylic acids is 3. The van der Waals surface area contributed by atoms with E-state index in [0.717, 1.165) is 13.0 Å². The van der Waals surface area contributed by atoms with E-state index in [0.29, 0.717) is 41.1 Å². The summed E-state index contributed by atoms with van der Waals surface area (Å²) < 4.78 is 5.31. The van der Waals surface area contributed by atoms with Crippen LogP contribution in [0.15, 0.2) is 42.5 Å². The van der Waals surface area contributed by atoms with E-state index in [1.165, 1.54) is 12.0 Å². The number of amides is 3. The summed E-state index contributed by atoms with van der Waals surface area (Å²) in [7, 11) is 1.50. The van der Waals surface area contributed by atoms with Crippen molar-refractivity contribution in [2.75, 3.05) is 26.7 Å². The molecule has 1 heterocycles. The zero-order chi connectivity index (χ0) is 20.8. The van der Waals surface area contributed by atoms with Gasteiger partial charge in [-0.25, -0.2) is 0 Å². The molecule has 0 atom stereocenters. The number of hydrogen-bond donors (Lipinski definition) is 2. The molecule has 0 spiro atoms. The van der Waals surface area contributed by atoms with Gasteiger partial charge in [-0.05, 0) is 42.8 Å². The minimum Gasteiger partial charge on any atom is -0.496 e. The number of methoxy groups -OCH3 is 1. The summed E-state index contributed by atoms with van der Waals surface area (Å²) in [5.41, 5.74) is 1.86. The molecule has 160 valence electrons. The number of rotatable bonds is 9. The van der Waals surface area contributed by atoms with Gasteiger partial charge < -0.3 is 15.4 Å². The molecule has 0 bridgehead atoms. The third-order valence-corrected chi connectivity index (χ3v) is 4.74. The van der Waals surface area contributed by atoms with E-state index in [-0.39, 0.29) is 36.7 Å². The summed E-state index contributed by atoms with van der Waals surface area (Å²) in [5, 5.41) is 6.08. The molecule has 2 aromatic rings. The van der Waals surface area contributed by atoms with Crippen LogP contribution in [0, 0.1) is 0 Å². The van der Waals surface area contributed by atoms with Crippen molar-refractivity contribution < 1.29 is 19.1 Å². The molecule has 0 saturated carbocycles. The molecule has 7 nitrogen and oxygen atoms in total. The Hall–Kier alpha value is -2.90. The number of benzene rings is 2. The van der Waals surface area contributed by atoms with Crippen LogP contribution in [-0.2, 0) is 6.54 Å². The predicted molar refractivity (Wildman–Crippen MR) is 116 cm³/mol. The molecule has 1 aliphatic rings. The van der Waals surface area contributed by atoms with E-state index < -0.39 is 0 Å². The van der Waals surface area contributed by atoms with Gasteiger partial charge in [-0.2, -0.15) is 0 Å². The van der Waals surface area contributed by atoms with E-state index in [1.807, 2.05) is 0 Å². The smallest absolute Gasteiger partial charge is 0.261 e. The van der Waals surface area contributed by atoms with Crippen LogP contribution in [0.1, 0.15) is 50.0 Å². The van der Waals surface area contributed by atoms with Crippen molar-refractivity contribution in [2.45, 2.75) is 19.9 Å². The molecule has 0 radical (unpaired) electrons. The van der Waals surface area contributed by atoms with Crippen molar-refractivity contribution in [2.24, 2.45) is 0 Å². The van der Waals surface area contributed by atoms with E-state index >= 15 is 0 Å². The van der Waals surface area contributed by atoms with Crippen LogP contribution in [-0.4, -0.2) is 49.4 Å². The highest BCUT2D eigenvalue weighted by Crippen LogP contribution is 2.26. The first-order valence-corrected chi connectivity index (χ1v) is 9.67. The van der Waals surface area contributed by atoms with E-state index in [2.05, 4.69) is 17.6 Å². The highest BCUT2D eigenvalue weighted by atomic mass is 35.5. The van der Waals surface area contributed by atoms with Crippen LogP contribution in [0.25, 0.3) is 0 Å². The van der Waals surface area contributed by atoms with Gasteiger partial charge in [0, 0.05) is 13.1 Å². The van der Waals surface area contributed by atoms with Crippen molar-refractivity contribution in [1.29, 1.82) is 0 Å². The Bertz CT molecular complexity index is 897. The minimum atomic E-state index is -0.325. The number of halogens is 1. The van der Waals surface area contributed by atoms with E-state index in [9.17, 15) is 14.4 Å².